The number of methoxy groups -OCH3 is 2. The van der Waals surface area contributed by atoms with E-state index in [-0.39, 0.29) is 13.2 Å². The lowest BCUT2D eigenvalue weighted by atomic mass is 10.1. The Balaban J connectivity index is 2.92. The van der Waals surface area contributed by atoms with Crippen molar-refractivity contribution in [3.05, 3.63) is 23.3 Å². The number of carbonyl (C=O) groups excluding carboxylic acids is 1. The first kappa shape index (κ1) is 13.3. The second-order valence-corrected chi connectivity index (χ2v) is 3.45. The highest BCUT2D eigenvalue weighted by atomic mass is 16.5. The van der Waals surface area contributed by atoms with Crippen molar-refractivity contribution in [2.45, 2.75) is 13.5 Å². The second-order valence-electron chi connectivity index (χ2n) is 3.45. The van der Waals surface area contributed by atoms with Gasteiger partial charge in [-0.25, -0.2) is 0 Å². The standard InChI is InChI=1S/C12H17NO4/c1-8-10(15-2)5-4-9(12(8)16-3)7-17-11(14)6-13/h4-5H,6-7,13H2,1-3H3. The molecule has 0 aliphatic heterocycles. The van der Waals surface area contributed by atoms with Gasteiger partial charge in [-0.05, 0) is 19.1 Å². The van der Waals surface area contributed by atoms with Crippen molar-refractivity contribution in [3.63, 3.8) is 0 Å². The van der Waals surface area contributed by atoms with Crippen molar-refractivity contribution in [1.29, 1.82) is 0 Å². The molecule has 5 heteroatoms. The maximum absolute atomic E-state index is 11.0. The fraction of sp³-hybridized carbons (Fsp3) is 0.417. The third kappa shape index (κ3) is 3.10. The van der Waals surface area contributed by atoms with Gasteiger partial charge in [0.1, 0.15) is 18.1 Å². The first-order valence-electron chi connectivity index (χ1n) is 5.20. The molecule has 0 saturated heterocycles. The van der Waals surface area contributed by atoms with Crippen LogP contribution in [0.5, 0.6) is 11.5 Å². The van der Waals surface area contributed by atoms with Gasteiger partial charge >= 0.3 is 5.97 Å². The van der Waals surface area contributed by atoms with E-state index in [0.29, 0.717) is 5.75 Å². The number of hydrogen-bond donors (Lipinski definition) is 1. The first-order valence-corrected chi connectivity index (χ1v) is 5.20. The number of rotatable bonds is 5. The zero-order valence-electron chi connectivity index (χ0n) is 10.3. The van der Waals surface area contributed by atoms with E-state index in [1.165, 1.54) is 0 Å². The molecule has 2 N–H and O–H groups in total. The summed E-state index contributed by atoms with van der Waals surface area (Å²) < 4.78 is 15.4. The third-order valence-electron chi connectivity index (χ3n) is 2.42. The molecule has 1 aromatic rings. The Kier molecular flexibility index (Phi) is 4.78. The summed E-state index contributed by atoms with van der Waals surface area (Å²) in [6.07, 6.45) is 0. The molecule has 0 atom stereocenters. The fourth-order valence-electron chi connectivity index (χ4n) is 1.57. The molecule has 0 aliphatic rings. The Morgan fingerprint density at radius 2 is 2.00 bits per heavy atom. The zero-order valence-corrected chi connectivity index (χ0v) is 10.3. The summed E-state index contributed by atoms with van der Waals surface area (Å²) in [7, 11) is 3.16. The van der Waals surface area contributed by atoms with Gasteiger partial charge in [0.2, 0.25) is 0 Å². The normalized spacial score (nSPS) is 9.88. The number of benzene rings is 1. The maximum Gasteiger partial charge on any atom is 0.320 e. The van der Waals surface area contributed by atoms with Crippen LogP contribution in [0, 0.1) is 6.92 Å². The molecule has 1 aromatic carbocycles. The molecule has 17 heavy (non-hydrogen) atoms. The topological polar surface area (TPSA) is 70.8 Å². The molecule has 0 spiro atoms. The van der Waals surface area contributed by atoms with Crippen LogP contribution in [0.15, 0.2) is 12.1 Å². The molecule has 0 aromatic heterocycles. The van der Waals surface area contributed by atoms with Crippen LogP contribution in [-0.4, -0.2) is 26.7 Å². The maximum atomic E-state index is 11.0. The van der Waals surface area contributed by atoms with Crippen LogP contribution in [0.25, 0.3) is 0 Å². The van der Waals surface area contributed by atoms with Gasteiger partial charge in [0.15, 0.2) is 0 Å². The van der Waals surface area contributed by atoms with Crippen LogP contribution in [-0.2, 0) is 16.1 Å². The van der Waals surface area contributed by atoms with E-state index >= 15 is 0 Å². The molecule has 0 unspecified atom stereocenters. The molecule has 1 rings (SSSR count). The minimum atomic E-state index is -0.444. The lowest BCUT2D eigenvalue weighted by Gasteiger charge is -2.14. The van der Waals surface area contributed by atoms with Crippen LogP contribution in [0.2, 0.25) is 0 Å². The van der Waals surface area contributed by atoms with Crippen LogP contribution >= 0.6 is 0 Å². The Morgan fingerprint density at radius 3 is 2.53 bits per heavy atom. The van der Waals surface area contributed by atoms with Crippen molar-refractivity contribution in [2.75, 3.05) is 20.8 Å². The molecule has 0 amide bonds. The summed E-state index contributed by atoms with van der Waals surface area (Å²) in [5, 5.41) is 0. The van der Waals surface area contributed by atoms with Gasteiger partial charge in [-0.15, -0.1) is 0 Å². The molecule has 5 nitrogen and oxygen atoms in total. The largest absolute Gasteiger partial charge is 0.496 e. The Hall–Kier alpha value is -1.75. The van der Waals surface area contributed by atoms with Crippen LogP contribution in [0.1, 0.15) is 11.1 Å². The van der Waals surface area contributed by atoms with E-state index in [1.807, 2.05) is 13.0 Å². The van der Waals surface area contributed by atoms with E-state index in [0.717, 1.165) is 16.9 Å². The average molecular weight is 239 g/mol. The summed E-state index contributed by atoms with van der Waals surface area (Å²) in [5.41, 5.74) is 6.81. The van der Waals surface area contributed by atoms with Crippen molar-refractivity contribution >= 4 is 5.97 Å². The van der Waals surface area contributed by atoms with E-state index in [4.69, 9.17) is 19.9 Å². The summed E-state index contributed by atoms with van der Waals surface area (Å²) in [4.78, 5) is 11.0. The molecule has 0 radical (unpaired) electrons. The Morgan fingerprint density at radius 1 is 1.29 bits per heavy atom. The highest BCUT2D eigenvalue weighted by Crippen LogP contribution is 2.31. The summed E-state index contributed by atoms with van der Waals surface area (Å²) >= 11 is 0. The molecule has 0 heterocycles. The predicted octanol–water partition coefficient (Wildman–Crippen LogP) is 1.01. The van der Waals surface area contributed by atoms with E-state index < -0.39 is 5.97 Å². The Bertz CT molecular complexity index is 404. The van der Waals surface area contributed by atoms with E-state index in [9.17, 15) is 4.79 Å². The van der Waals surface area contributed by atoms with Gasteiger partial charge in [0.05, 0.1) is 20.8 Å². The summed E-state index contributed by atoms with van der Waals surface area (Å²) in [6.45, 7) is 1.90. The van der Waals surface area contributed by atoms with Gasteiger partial charge in [-0.2, -0.15) is 0 Å². The smallest absolute Gasteiger partial charge is 0.320 e. The fourth-order valence-corrected chi connectivity index (χ4v) is 1.57. The van der Waals surface area contributed by atoms with Crippen LogP contribution in [0.3, 0.4) is 0 Å². The highest BCUT2D eigenvalue weighted by molar-refractivity contribution is 5.71. The zero-order chi connectivity index (χ0) is 12.8. The summed E-state index contributed by atoms with van der Waals surface area (Å²) in [6, 6.07) is 3.61. The molecule has 0 aliphatic carbocycles. The van der Waals surface area contributed by atoms with E-state index in [2.05, 4.69) is 0 Å². The van der Waals surface area contributed by atoms with Crippen LogP contribution in [0.4, 0.5) is 0 Å². The highest BCUT2D eigenvalue weighted by Gasteiger charge is 2.12. The number of nitrogens with two attached hydrogens (primary N) is 1. The van der Waals surface area contributed by atoms with Crippen molar-refractivity contribution in [1.82, 2.24) is 0 Å². The molecule has 0 bridgehead atoms. The van der Waals surface area contributed by atoms with Gasteiger partial charge in [-0.3, -0.25) is 4.79 Å². The van der Waals surface area contributed by atoms with E-state index in [1.54, 1.807) is 20.3 Å². The van der Waals surface area contributed by atoms with Crippen molar-refractivity contribution < 1.29 is 19.0 Å². The van der Waals surface area contributed by atoms with Crippen molar-refractivity contribution in [3.8, 4) is 11.5 Å². The lowest BCUT2D eigenvalue weighted by Crippen LogP contribution is -2.16. The predicted molar refractivity (Wildman–Crippen MR) is 63.1 cm³/mol. The third-order valence-corrected chi connectivity index (χ3v) is 2.42. The minimum absolute atomic E-state index is 0.128. The average Bonchev–Trinajstić information content (AvgIpc) is 2.35. The van der Waals surface area contributed by atoms with Gasteiger partial charge < -0.3 is 19.9 Å². The van der Waals surface area contributed by atoms with Crippen LogP contribution < -0.4 is 15.2 Å². The number of esters is 1. The number of ether oxygens (including phenoxy) is 3. The van der Waals surface area contributed by atoms with Gasteiger partial charge in [-0.1, -0.05) is 0 Å². The van der Waals surface area contributed by atoms with Gasteiger partial charge in [0, 0.05) is 11.1 Å². The quantitative estimate of drug-likeness (QED) is 0.776. The molecular weight excluding hydrogens is 222 g/mol. The SMILES string of the molecule is COc1ccc(COC(=O)CN)c(OC)c1C. The lowest BCUT2D eigenvalue weighted by molar-refractivity contribution is -0.143. The Labute approximate surface area is 100 Å². The minimum Gasteiger partial charge on any atom is -0.496 e. The van der Waals surface area contributed by atoms with Crippen molar-refractivity contribution in [2.24, 2.45) is 5.73 Å². The molecule has 0 saturated carbocycles. The number of hydrogen-bond acceptors (Lipinski definition) is 5. The monoisotopic (exact) mass is 239 g/mol. The molecular formula is C12H17NO4. The second kappa shape index (κ2) is 6.10. The summed E-state index contributed by atoms with van der Waals surface area (Å²) in [5.74, 6) is 0.949. The molecule has 94 valence electrons. The number of carbonyl (C=O) groups is 1. The van der Waals surface area contributed by atoms with Gasteiger partial charge in [0.25, 0.3) is 0 Å². The molecule has 0 fully saturated rings. The first-order chi connectivity index (χ1) is 8.13.